The number of sulfonamides is 1. The molecular formula is C13H10Br2N2O3S. The van der Waals surface area contributed by atoms with E-state index in [0.717, 1.165) is 0 Å². The minimum Gasteiger partial charge on any atom is -0.366 e. The first kappa shape index (κ1) is 16.0. The number of amides is 1. The van der Waals surface area contributed by atoms with Gasteiger partial charge in [0.2, 0.25) is 0 Å². The zero-order chi connectivity index (χ0) is 15.6. The lowest BCUT2D eigenvalue weighted by molar-refractivity contribution is 0.100. The number of hydrogen-bond acceptors (Lipinski definition) is 3. The Labute approximate surface area is 138 Å². The van der Waals surface area contributed by atoms with E-state index < -0.39 is 15.9 Å². The molecule has 2 aromatic carbocycles. The highest BCUT2D eigenvalue weighted by molar-refractivity contribution is 9.11. The highest BCUT2D eigenvalue weighted by atomic mass is 79.9. The predicted octanol–water partition coefficient (Wildman–Crippen LogP) is 3.11. The summed E-state index contributed by atoms with van der Waals surface area (Å²) < 4.78 is 28.3. The largest absolute Gasteiger partial charge is 0.366 e. The van der Waals surface area contributed by atoms with Gasteiger partial charge in [-0.2, -0.15) is 0 Å². The molecular weight excluding hydrogens is 424 g/mol. The molecule has 0 aliphatic rings. The molecule has 0 saturated carbocycles. The second kappa shape index (κ2) is 6.17. The van der Waals surface area contributed by atoms with E-state index in [9.17, 15) is 13.2 Å². The number of nitrogens with one attached hydrogen (secondary N) is 1. The monoisotopic (exact) mass is 432 g/mol. The molecule has 8 heteroatoms. The summed E-state index contributed by atoms with van der Waals surface area (Å²) in [7, 11) is -3.86. The Hall–Kier alpha value is -1.38. The van der Waals surface area contributed by atoms with E-state index >= 15 is 0 Å². The summed E-state index contributed by atoms with van der Waals surface area (Å²) in [6, 6.07) is 10.9. The molecule has 1 amide bonds. The number of carbonyl (C=O) groups is 1. The second-order valence-corrected chi connectivity index (χ2v) is 7.51. The maximum Gasteiger partial charge on any atom is 0.263 e. The van der Waals surface area contributed by atoms with Gasteiger partial charge in [-0.15, -0.1) is 0 Å². The molecule has 0 fully saturated rings. The van der Waals surface area contributed by atoms with Crippen LogP contribution in [0, 0.1) is 0 Å². The van der Waals surface area contributed by atoms with Crippen LogP contribution in [0.1, 0.15) is 10.4 Å². The minimum atomic E-state index is -3.86. The number of carbonyl (C=O) groups excluding carboxylic acids is 1. The Kier molecular flexibility index (Phi) is 4.70. The highest BCUT2D eigenvalue weighted by Gasteiger charge is 2.20. The average Bonchev–Trinajstić information content (AvgIpc) is 2.41. The molecule has 0 bridgehead atoms. The molecule has 0 heterocycles. The van der Waals surface area contributed by atoms with Crippen LogP contribution in [-0.2, 0) is 10.0 Å². The molecule has 3 N–H and O–H groups in total. The fourth-order valence-electron chi connectivity index (χ4n) is 1.67. The number of nitrogens with two attached hydrogens (primary N) is 1. The van der Waals surface area contributed by atoms with Crippen molar-refractivity contribution in [3.63, 3.8) is 0 Å². The van der Waals surface area contributed by atoms with Crippen molar-refractivity contribution >= 4 is 53.5 Å². The lowest BCUT2D eigenvalue weighted by Gasteiger charge is -2.12. The Morgan fingerprint density at radius 2 is 1.76 bits per heavy atom. The molecule has 0 aliphatic heterocycles. The third-order valence-electron chi connectivity index (χ3n) is 2.62. The first-order valence-corrected chi connectivity index (χ1v) is 8.75. The fourth-order valence-corrected chi connectivity index (χ4v) is 4.25. The van der Waals surface area contributed by atoms with E-state index in [0.29, 0.717) is 8.95 Å². The van der Waals surface area contributed by atoms with Gasteiger partial charge in [0.25, 0.3) is 15.9 Å². The van der Waals surface area contributed by atoms with Gasteiger partial charge in [0.15, 0.2) is 0 Å². The van der Waals surface area contributed by atoms with Crippen LogP contribution in [0.2, 0.25) is 0 Å². The van der Waals surface area contributed by atoms with Gasteiger partial charge in [-0.05, 0) is 46.3 Å². The van der Waals surface area contributed by atoms with Gasteiger partial charge in [-0.3, -0.25) is 9.52 Å². The van der Waals surface area contributed by atoms with Crippen LogP contribution in [0.3, 0.4) is 0 Å². The molecule has 0 radical (unpaired) electrons. The van der Waals surface area contributed by atoms with Crippen LogP contribution in [0.4, 0.5) is 5.69 Å². The molecule has 0 aromatic heterocycles. The summed E-state index contributed by atoms with van der Waals surface area (Å²) in [6.45, 7) is 0. The topological polar surface area (TPSA) is 89.3 Å². The van der Waals surface area contributed by atoms with Gasteiger partial charge in [0.1, 0.15) is 4.90 Å². The number of halogens is 2. The third-order valence-corrected chi connectivity index (χ3v) is 5.47. The lowest BCUT2D eigenvalue weighted by Crippen LogP contribution is -2.18. The zero-order valence-corrected chi connectivity index (χ0v) is 14.5. The number of anilines is 1. The van der Waals surface area contributed by atoms with Crippen molar-refractivity contribution in [1.29, 1.82) is 0 Å². The van der Waals surface area contributed by atoms with Crippen LogP contribution < -0.4 is 10.5 Å². The van der Waals surface area contributed by atoms with Crippen LogP contribution >= 0.6 is 31.9 Å². The molecule has 0 aliphatic carbocycles. The molecule has 2 rings (SSSR count). The minimum absolute atomic E-state index is 0.0520. The maximum absolute atomic E-state index is 12.4. The summed E-state index contributed by atoms with van der Waals surface area (Å²) >= 11 is 6.42. The molecule has 2 aromatic rings. The van der Waals surface area contributed by atoms with Gasteiger partial charge in [0.05, 0.1) is 11.3 Å². The van der Waals surface area contributed by atoms with E-state index in [-0.39, 0.29) is 16.1 Å². The number of primary amides is 1. The molecule has 5 nitrogen and oxygen atoms in total. The fraction of sp³-hybridized carbons (Fsp3) is 0. The third kappa shape index (κ3) is 3.63. The molecule has 110 valence electrons. The van der Waals surface area contributed by atoms with Gasteiger partial charge in [-0.1, -0.05) is 28.1 Å². The van der Waals surface area contributed by atoms with Crippen LogP contribution in [0.25, 0.3) is 0 Å². The van der Waals surface area contributed by atoms with Crippen molar-refractivity contribution in [3.8, 4) is 0 Å². The quantitative estimate of drug-likeness (QED) is 0.776. The summed E-state index contributed by atoms with van der Waals surface area (Å²) in [4.78, 5) is 11.4. The average molecular weight is 434 g/mol. The van der Waals surface area contributed by atoms with Crippen molar-refractivity contribution in [1.82, 2.24) is 0 Å². The van der Waals surface area contributed by atoms with Gasteiger partial charge in [-0.25, -0.2) is 8.42 Å². The first-order valence-electron chi connectivity index (χ1n) is 5.68. The van der Waals surface area contributed by atoms with Crippen molar-refractivity contribution < 1.29 is 13.2 Å². The smallest absolute Gasteiger partial charge is 0.263 e. The van der Waals surface area contributed by atoms with E-state index in [2.05, 4.69) is 36.6 Å². The Morgan fingerprint density at radius 1 is 1.10 bits per heavy atom. The second-order valence-electron chi connectivity index (χ2n) is 4.09. The summed E-state index contributed by atoms with van der Waals surface area (Å²) in [6.07, 6.45) is 0. The predicted molar refractivity (Wildman–Crippen MR) is 87.6 cm³/mol. The molecule has 0 saturated heterocycles. The highest BCUT2D eigenvalue weighted by Crippen LogP contribution is 2.28. The maximum atomic E-state index is 12.4. The number of hydrogen-bond donors (Lipinski definition) is 2. The summed E-state index contributed by atoms with van der Waals surface area (Å²) in [5.74, 6) is -0.707. The van der Waals surface area contributed by atoms with E-state index in [4.69, 9.17) is 5.73 Å². The molecule has 0 spiro atoms. The Balaban J connectivity index is 2.48. The standard InChI is InChI=1S/C13H10Br2N2O3S/c14-8-5-6-10(15)12(7-8)21(19,20)17-11-4-2-1-3-9(11)13(16)18/h1-7,17H,(H2,16,18). The zero-order valence-electron chi connectivity index (χ0n) is 10.5. The summed E-state index contributed by atoms with van der Waals surface area (Å²) in [5, 5.41) is 0. The summed E-state index contributed by atoms with van der Waals surface area (Å²) in [5.41, 5.74) is 5.48. The molecule has 0 unspecified atom stereocenters. The number of rotatable bonds is 4. The van der Waals surface area contributed by atoms with E-state index in [1.807, 2.05) is 0 Å². The van der Waals surface area contributed by atoms with Crippen LogP contribution in [-0.4, -0.2) is 14.3 Å². The van der Waals surface area contributed by atoms with Crippen molar-refractivity contribution in [2.24, 2.45) is 5.73 Å². The lowest BCUT2D eigenvalue weighted by atomic mass is 10.2. The van der Waals surface area contributed by atoms with Crippen molar-refractivity contribution in [3.05, 3.63) is 57.0 Å². The Bertz CT molecular complexity index is 807. The molecule has 0 atom stereocenters. The Morgan fingerprint density at radius 3 is 2.43 bits per heavy atom. The van der Waals surface area contributed by atoms with E-state index in [1.54, 1.807) is 24.3 Å². The van der Waals surface area contributed by atoms with Gasteiger partial charge in [0, 0.05) is 8.95 Å². The van der Waals surface area contributed by atoms with Gasteiger partial charge < -0.3 is 5.73 Å². The van der Waals surface area contributed by atoms with Crippen molar-refractivity contribution in [2.45, 2.75) is 4.90 Å². The van der Waals surface area contributed by atoms with E-state index in [1.165, 1.54) is 18.2 Å². The molecule has 21 heavy (non-hydrogen) atoms. The SMILES string of the molecule is NC(=O)c1ccccc1NS(=O)(=O)c1cc(Br)ccc1Br. The van der Waals surface area contributed by atoms with Crippen molar-refractivity contribution in [2.75, 3.05) is 4.72 Å². The van der Waals surface area contributed by atoms with Crippen LogP contribution in [0.5, 0.6) is 0 Å². The van der Waals surface area contributed by atoms with Gasteiger partial charge >= 0.3 is 0 Å². The number of para-hydroxylation sites is 1. The normalized spacial score (nSPS) is 11.1. The number of benzene rings is 2. The first-order chi connectivity index (χ1) is 9.81. The van der Waals surface area contributed by atoms with Crippen LogP contribution in [0.15, 0.2) is 56.3 Å².